The summed E-state index contributed by atoms with van der Waals surface area (Å²) < 4.78 is 5.78. The molecule has 124 valence electrons. The first-order chi connectivity index (χ1) is 12.0. The Morgan fingerprint density at radius 3 is 2.80 bits per heavy atom. The second kappa shape index (κ2) is 5.63. The van der Waals surface area contributed by atoms with Crippen LogP contribution in [0, 0.1) is 5.92 Å². The van der Waals surface area contributed by atoms with Gasteiger partial charge in [-0.1, -0.05) is 18.2 Å². The van der Waals surface area contributed by atoms with E-state index in [-0.39, 0.29) is 11.2 Å². The van der Waals surface area contributed by atoms with Crippen LogP contribution in [0.2, 0.25) is 0 Å². The minimum Gasteiger partial charge on any atom is -0.508 e. The summed E-state index contributed by atoms with van der Waals surface area (Å²) in [5.74, 6) is -1.19. The number of hydrogen-bond donors (Lipinski definition) is 2. The summed E-state index contributed by atoms with van der Waals surface area (Å²) in [7, 11) is 0. The fourth-order valence-corrected chi connectivity index (χ4v) is 3.29. The highest BCUT2D eigenvalue weighted by atomic mass is 16.4. The third kappa shape index (κ3) is 2.50. The van der Waals surface area contributed by atoms with Crippen LogP contribution in [-0.4, -0.2) is 16.2 Å². The van der Waals surface area contributed by atoms with Gasteiger partial charge >= 0.3 is 5.97 Å². The van der Waals surface area contributed by atoms with Crippen molar-refractivity contribution in [3.05, 3.63) is 70.4 Å². The molecule has 0 saturated heterocycles. The molecule has 25 heavy (non-hydrogen) atoms. The highest BCUT2D eigenvalue weighted by Crippen LogP contribution is 2.42. The number of fused-ring (bicyclic) bond motifs is 2. The molecule has 1 aliphatic heterocycles. The fourth-order valence-electron chi connectivity index (χ4n) is 3.29. The maximum absolute atomic E-state index is 11.7. The minimum atomic E-state index is -0.906. The summed E-state index contributed by atoms with van der Waals surface area (Å²) in [5, 5.41) is 20.1. The van der Waals surface area contributed by atoms with Gasteiger partial charge < -0.3 is 14.6 Å². The molecule has 0 fully saturated rings. The number of hydrogen-bond acceptors (Lipinski definition) is 4. The summed E-state index contributed by atoms with van der Waals surface area (Å²) in [6.45, 7) is 0. The van der Waals surface area contributed by atoms with Crippen molar-refractivity contribution in [3.8, 4) is 17.1 Å². The Morgan fingerprint density at radius 1 is 1.16 bits per heavy atom. The number of allylic oxidation sites excluding steroid dienone is 3. The molecule has 1 aromatic rings. The third-order valence-corrected chi connectivity index (χ3v) is 4.42. The average Bonchev–Trinajstić information content (AvgIpc) is 2.59. The molecule has 0 bridgehead atoms. The van der Waals surface area contributed by atoms with E-state index in [1.807, 2.05) is 12.2 Å². The molecule has 1 aromatic carbocycles. The molecular weight excluding hydrogens is 320 g/mol. The van der Waals surface area contributed by atoms with Gasteiger partial charge in [-0.2, -0.15) is 0 Å². The fraction of sp³-hybridized carbons (Fsp3) is 0.100. The molecule has 2 aliphatic carbocycles. The van der Waals surface area contributed by atoms with Crippen molar-refractivity contribution >= 4 is 22.5 Å². The molecule has 1 unspecified atom stereocenters. The first kappa shape index (κ1) is 15.2. The maximum Gasteiger partial charge on any atom is 0.311 e. The second-order valence-corrected chi connectivity index (χ2v) is 5.99. The molecule has 1 atom stereocenters. The van der Waals surface area contributed by atoms with E-state index in [1.54, 1.807) is 18.2 Å². The van der Waals surface area contributed by atoms with Gasteiger partial charge in [0.05, 0.1) is 5.92 Å². The number of phenolic OH excluding ortho intramolecular Hbond substituents is 1. The van der Waals surface area contributed by atoms with Gasteiger partial charge in [0.25, 0.3) is 0 Å². The van der Waals surface area contributed by atoms with Gasteiger partial charge in [-0.25, -0.2) is 0 Å². The molecule has 5 heteroatoms. The highest BCUT2D eigenvalue weighted by molar-refractivity contribution is 6.03. The normalized spacial score (nSPS) is 17.0. The van der Waals surface area contributed by atoms with Gasteiger partial charge in [-0.15, -0.1) is 0 Å². The lowest BCUT2D eigenvalue weighted by Crippen LogP contribution is -2.17. The smallest absolute Gasteiger partial charge is 0.311 e. The summed E-state index contributed by atoms with van der Waals surface area (Å²) in [6.07, 6.45) is 5.84. The van der Waals surface area contributed by atoms with E-state index >= 15 is 0 Å². The van der Waals surface area contributed by atoms with Crippen LogP contribution in [0.4, 0.5) is 0 Å². The number of carboxylic acids is 1. The molecule has 4 rings (SSSR count). The summed E-state index contributed by atoms with van der Waals surface area (Å²) in [6, 6.07) is 9.15. The molecule has 2 N–H and O–H groups in total. The quantitative estimate of drug-likeness (QED) is 0.699. The highest BCUT2D eigenvalue weighted by Gasteiger charge is 2.28. The van der Waals surface area contributed by atoms with Gasteiger partial charge in [0, 0.05) is 28.6 Å². The van der Waals surface area contributed by atoms with Crippen LogP contribution in [0.1, 0.15) is 12.0 Å². The molecule has 0 spiro atoms. The lowest BCUT2D eigenvalue weighted by Gasteiger charge is -2.22. The van der Waals surface area contributed by atoms with E-state index in [1.165, 1.54) is 24.3 Å². The topological polar surface area (TPSA) is 87.7 Å². The zero-order valence-electron chi connectivity index (χ0n) is 13.1. The predicted molar refractivity (Wildman–Crippen MR) is 93.6 cm³/mol. The summed E-state index contributed by atoms with van der Waals surface area (Å²) >= 11 is 0. The van der Waals surface area contributed by atoms with E-state index in [2.05, 4.69) is 0 Å². The van der Waals surface area contributed by atoms with E-state index < -0.39 is 11.9 Å². The van der Waals surface area contributed by atoms with Crippen molar-refractivity contribution in [2.45, 2.75) is 6.42 Å². The molecule has 1 heterocycles. The number of phenols is 1. The summed E-state index contributed by atoms with van der Waals surface area (Å²) in [5.41, 5.74) is 2.24. The van der Waals surface area contributed by atoms with Gasteiger partial charge in [0.1, 0.15) is 17.1 Å². The van der Waals surface area contributed by atoms with E-state index in [9.17, 15) is 19.8 Å². The minimum absolute atomic E-state index is 0.0344. The maximum atomic E-state index is 11.7. The van der Waals surface area contributed by atoms with Crippen molar-refractivity contribution in [2.24, 2.45) is 5.92 Å². The molecule has 3 aliphatic rings. The van der Waals surface area contributed by atoms with Gasteiger partial charge in [-0.05, 0) is 36.3 Å². The number of carboxylic acid groups (broad SMARTS) is 1. The van der Waals surface area contributed by atoms with Crippen molar-refractivity contribution in [1.29, 1.82) is 0 Å². The summed E-state index contributed by atoms with van der Waals surface area (Å²) in [4.78, 5) is 23.4. The van der Waals surface area contributed by atoms with Crippen LogP contribution in [0.25, 0.3) is 27.9 Å². The molecule has 5 nitrogen and oxygen atoms in total. The third-order valence-electron chi connectivity index (χ3n) is 4.42. The number of carbonyl (C=O) groups is 1. The van der Waals surface area contributed by atoms with Crippen LogP contribution in [0.5, 0.6) is 5.75 Å². The van der Waals surface area contributed by atoms with Crippen LogP contribution in [0.15, 0.2) is 63.8 Å². The molecule has 0 amide bonds. The van der Waals surface area contributed by atoms with Crippen molar-refractivity contribution in [3.63, 3.8) is 0 Å². The first-order valence-corrected chi connectivity index (χ1v) is 7.84. The SMILES string of the molecule is O=C(O)C1CC=CC=C1c1c2ccc(=O)cc-2oc2cc(O)ccc12. The lowest BCUT2D eigenvalue weighted by molar-refractivity contribution is -0.139. The Hall–Kier alpha value is -3.34. The second-order valence-electron chi connectivity index (χ2n) is 5.99. The van der Waals surface area contributed by atoms with E-state index in [4.69, 9.17) is 4.42 Å². The monoisotopic (exact) mass is 334 g/mol. The Bertz CT molecular complexity index is 1090. The first-order valence-electron chi connectivity index (χ1n) is 7.84. The average molecular weight is 334 g/mol. The molecular formula is C20H14O5. The van der Waals surface area contributed by atoms with Gasteiger partial charge in [0.2, 0.25) is 0 Å². The van der Waals surface area contributed by atoms with E-state index in [0.717, 1.165) is 0 Å². The Morgan fingerprint density at radius 2 is 2.00 bits per heavy atom. The largest absolute Gasteiger partial charge is 0.508 e. The van der Waals surface area contributed by atoms with Crippen LogP contribution < -0.4 is 5.43 Å². The van der Waals surface area contributed by atoms with Crippen LogP contribution >= 0.6 is 0 Å². The molecule has 0 radical (unpaired) electrons. The molecule has 0 saturated carbocycles. The Labute approximate surface area is 142 Å². The van der Waals surface area contributed by atoms with Crippen LogP contribution in [0.3, 0.4) is 0 Å². The number of benzene rings is 2. The number of aliphatic carboxylic acids is 1. The lowest BCUT2D eigenvalue weighted by atomic mass is 9.82. The predicted octanol–water partition coefficient (Wildman–Crippen LogP) is 3.65. The zero-order valence-corrected chi connectivity index (χ0v) is 13.1. The molecule has 0 aromatic heterocycles. The number of rotatable bonds is 2. The van der Waals surface area contributed by atoms with E-state index in [0.29, 0.717) is 39.9 Å². The van der Waals surface area contributed by atoms with Crippen molar-refractivity contribution in [1.82, 2.24) is 0 Å². The standard InChI is InChI=1S/C20H14O5/c21-11-5-7-15-17(9-11)25-18-10-12(22)6-8-16(18)19(15)13-3-1-2-4-14(13)20(23)24/h1-3,5-10,14,21H,4H2,(H,23,24). The Kier molecular flexibility index (Phi) is 3.42. The number of aromatic hydroxyl groups is 1. The van der Waals surface area contributed by atoms with Gasteiger partial charge in [0.15, 0.2) is 5.43 Å². The van der Waals surface area contributed by atoms with Crippen LogP contribution in [-0.2, 0) is 4.79 Å². The Balaban J connectivity index is 2.13. The zero-order chi connectivity index (χ0) is 17.6. The van der Waals surface area contributed by atoms with Gasteiger partial charge in [-0.3, -0.25) is 9.59 Å². The van der Waals surface area contributed by atoms with Crippen molar-refractivity contribution in [2.75, 3.05) is 0 Å². The van der Waals surface area contributed by atoms with Crippen molar-refractivity contribution < 1.29 is 19.4 Å².